The third-order valence-corrected chi connectivity index (χ3v) is 4.93. The van der Waals surface area contributed by atoms with Crippen molar-refractivity contribution in [3.63, 3.8) is 0 Å². The van der Waals surface area contributed by atoms with Crippen LogP contribution in [0.15, 0.2) is 52.9 Å². The molecule has 26 heavy (non-hydrogen) atoms. The highest BCUT2D eigenvalue weighted by Crippen LogP contribution is 2.28. The van der Waals surface area contributed by atoms with Crippen molar-refractivity contribution in [2.45, 2.75) is 0 Å². The minimum Gasteiger partial charge on any atom is -0.451 e. The van der Waals surface area contributed by atoms with E-state index in [1.165, 1.54) is 0 Å². The first-order chi connectivity index (χ1) is 12.7. The number of furan rings is 1. The maximum Gasteiger partial charge on any atom is 0.289 e. The van der Waals surface area contributed by atoms with Gasteiger partial charge in [0.25, 0.3) is 5.91 Å². The highest BCUT2D eigenvalue weighted by molar-refractivity contribution is 5.99. The van der Waals surface area contributed by atoms with Crippen LogP contribution in [0.3, 0.4) is 0 Å². The van der Waals surface area contributed by atoms with Gasteiger partial charge in [0.05, 0.1) is 0 Å². The fourth-order valence-electron chi connectivity index (χ4n) is 3.34. The monoisotopic (exact) mass is 348 g/mol. The lowest BCUT2D eigenvalue weighted by atomic mass is 10.0. The molecule has 0 unspecified atom stereocenters. The Morgan fingerprint density at radius 2 is 1.85 bits per heavy atom. The van der Waals surface area contributed by atoms with Crippen LogP contribution in [0.25, 0.3) is 22.1 Å². The minimum absolute atomic E-state index is 0.0617. The predicted molar refractivity (Wildman–Crippen MR) is 100 cm³/mol. The van der Waals surface area contributed by atoms with Crippen LogP contribution in [0.4, 0.5) is 0 Å². The van der Waals surface area contributed by atoms with E-state index in [2.05, 4.69) is 11.9 Å². The Bertz CT molecular complexity index is 968. The largest absolute Gasteiger partial charge is 0.451 e. The molecule has 0 bridgehead atoms. The summed E-state index contributed by atoms with van der Waals surface area (Å²) in [6.45, 7) is 3.19. The third-order valence-electron chi connectivity index (χ3n) is 4.93. The molecular weight excluding hydrogens is 328 g/mol. The summed E-state index contributed by atoms with van der Waals surface area (Å²) in [5.74, 6) is 0.959. The number of carbonyl (C=O) groups is 2. The van der Waals surface area contributed by atoms with Gasteiger partial charge in [-0.2, -0.15) is 0 Å². The van der Waals surface area contributed by atoms with Gasteiger partial charge in [0, 0.05) is 37.3 Å². The van der Waals surface area contributed by atoms with Gasteiger partial charge in [0.15, 0.2) is 12.0 Å². The van der Waals surface area contributed by atoms with E-state index >= 15 is 0 Å². The summed E-state index contributed by atoms with van der Waals surface area (Å²) >= 11 is 0. The first-order valence-electron chi connectivity index (χ1n) is 8.72. The van der Waals surface area contributed by atoms with Crippen LogP contribution < -0.4 is 0 Å². The van der Waals surface area contributed by atoms with Crippen molar-refractivity contribution in [3.8, 4) is 11.3 Å². The molecule has 1 saturated heterocycles. The molecule has 1 amide bonds. The van der Waals surface area contributed by atoms with Crippen LogP contribution in [-0.2, 0) is 0 Å². The standard InChI is InChI=1S/C21H20N2O3/c1-22-9-11-23(12-10-22)21(25)20-8-7-19(26-20)16-5-6-18-15(13-16)3-2-4-17(18)14-24/h2-8,13-14H,9-12H2,1H3. The van der Waals surface area contributed by atoms with E-state index < -0.39 is 0 Å². The predicted octanol–water partition coefficient (Wildman–Crippen LogP) is 3.30. The van der Waals surface area contributed by atoms with E-state index in [1.807, 2.05) is 41.3 Å². The molecule has 0 radical (unpaired) electrons. The van der Waals surface area contributed by atoms with Gasteiger partial charge in [-0.3, -0.25) is 9.59 Å². The quantitative estimate of drug-likeness (QED) is 0.682. The molecule has 0 saturated carbocycles. The third kappa shape index (κ3) is 3.02. The van der Waals surface area contributed by atoms with Gasteiger partial charge in [-0.25, -0.2) is 0 Å². The summed E-state index contributed by atoms with van der Waals surface area (Å²) in [5.41, 5.74) is 1.55. The van der Waals surface area contributed by atoms with Crippen molar-refractivity contribution in [2.75, 3.05) is 33.2 Å². The molecule has 2 heterocycles. The summed E-state index contributed by atoms with van der Waals surface area (Å²) in [6, 6.07) is 15.0. The Balaban J connectivity index is 1.60. The SMILES string of the molecule is CN1CCN(C(=O)c2ccc(-c3ccc4c(C=O)cccc4c3)o2)CC1. The second-order valence-electron chi connectivity index (χ2n) is 6.66. The number of benzene rings is 2. The zero-order chi connectivity index (χ0) is 18.1. The normalized spacial score (nSPS) is 15.3. The second kappa shape index (κ2) is 6.77. The van der Waals surface area contributed by atoms with Gasteiger partial charge in [-0.15, -0.1) is 0 Å². The minimum atomic E-state index is -0.0617. The van der Waals surface area contributed by atoms with Crippen LogP contribution in [0.1, 0.15) is 20.9 Å². The molecule has 1 aromatic heterocycles. The van der Waals surface area contributed by atoms with E-state index in [-0.39, 0.29) is 5.91 Å². The average molecular weight is 348 g/mol. The van der Waals surface area contributed by atoms with Crippen molar-refractivity contribution in [1.29, 1.82) is 0 Å². The Morgan fingerprint density at radius 1 is 1.04 bits per heavy atom. The fraction of sp³-hybridized carbons (Fsp3) is 0.238. The number of carbonyl (C=O) groups excluding carboxylic acids is 2. The van der Waals surface area contributed by atoms with Gasteiger partial charge in [0.1, 0.15) is 5.76 Å². The van der Waals surface area contributed by atoms with E-state index in [4.69, 9.17) is 4.42 Å². The number of piperazine rings is 1. The van der Waals surface area contributed by atoms with Crippen LogP contribution in [-0.4, -0.2) is 55.2 Å². The number of fused-ring (bicyclic) bond motifs is 1. The first kappa shape index (κ1) is 16.5. The van der Waals surface area contributed by atoms with E-state index in [9.17, 15) is 9.59 Å². The molecule has 1 aliphatic heterocycles. The Kier molecular flexibility index (Phi) is 4.31. The molecule has 2 aromatic carbocycles. The molecular formula is C21H20N2O3. The Morgan fingerprint density at radius 3 is 2.62 bits per heavy atom. The highest BCUT2D eigenvalue weighted by Gasteiger charge is 2.23. The number of amides is 1. The zero-order valence-corrected chi connectivity index (χ0v) is 14.6. The second-order valence-corrected chi connectivity index (χ2v) is 6.66. The average Bonchev–Trinajstić information content (AvgIpc) is 3.17. The lowest BCUT2D eigenvalue weighted by Crippen LogP contribution is -2.47. The number of hydrogen-bond donors (Lipinski definition) is 0. The van der Waals surface area contributed by atoms with Crippen molar-refractivity contribution in [1.82, 2.24) is 9.80 Å². The summed E-state index contributed by atoms with van der Waals surface area (Å²) in [7, 11) is 2.06. The van der Waals surface area contributed by atoms with Crippen molar-refractivity contribution >= 4 is 23.0 Å². The highest BCUT2D eigenvalue weighted by atomic mass is 16.4. The zero-order valence-electron chi connectivity index (χ0n) is 14.6. The number of rotatable bonds is 3. The Labute approximate surface area is 151 Å². The van der Waals surface area contributed by atoms with E-state index in [0.29, 0.717) is 17.1 Å². The molecule has 5 nitrogen and oxygen atoms in total. The van der Waals surface area contributed by atoms with Gasteiger partial charge < -0.3 is 14.2 Å². The van der Waals surface area contributed by atoms with Gasteiger partial charge >= 0.3 is 0 Å². The molecule has 4 rings (SSSR count). The molecule has 0 spiro atoms. The number of hydrogen-bond acceptors (Lipinski definition) is 4. The lowest BCUT2D eigenvalue weighted by molar-refractivity contribution is 0.0633. The molecule has 3 aromatic rings. The van der Waals surface area contributed by atoms with Gasteiger partial charge in [-0.1, -0.05) is 30.3 Å². The van der Waals surface area contributed by atoms with E-state index in [1.54, 1.807) is 12.1 Å². The van der Waals surface area contributed by atoms with Gasteiger partial charge in [0.2, 0.25) is 0 Å². The molecule has 1 aliphatic rings. The van der Waals surface area contributed by atoms with Crippen molar-refractivity contribution in [2.24, 2.45) is 0 Å². The first-order valence-corrected chi connectivity index (χ1v) is 8.72. The van der Waals surface area contributed by atoms with Crippen LogP contribution >= 0.6 is 0 Å². The molecule has 0 atom stereocenters. The molecule has 0 aliphatic carbocycles. The Hall–Kier alpha value is -2.92. The topological polar surface area (TPSA) is 53.8 Å². The van der Waals surface area contributed by atoms with Crippen LogP contribution in [0, 0.1) is 0 Å². The lowest BCUT2D eigenvalue weighted by Gasteiger charge is -2.31. The smallest absolute Gasteiger partial charge is 0.289 e. The molecule has 132 valence electrons. The molecule has 0 N–H and O–H groups in total. The molecule has 5 heteroatoms. The van der Waals surface area contributed by atoms with Crippen molar-refractivity contribution < 1.29 is 14.0 Å². The van der Waals surface area contributed by atoms with Crippen molar-refractivity contribution in [3.05, 3.63) is 59.9 Å². The van der Waals surface area contributed by atoms with Crippen LogP contribution in [0.5, 0.6) is 0 Å². The maximum absolute atomic E-state index is 12.6. The molecule has 1 fully saturated rings. The summed E-state index contributed by atoms with van der Waals surface area (Å²) in [4.78, 5) is 27.8. The number of nitrogens with zero attached hydrogens (tertiary/aromatic N) is 2. The van der Waals surface area contributed by atoms with Gasteiger partial charge in [-0.05, 0) is 36.0 Å². The van der Waals surface area contributed by atoms with Crippen LogP contribution in [0.2, 0.25) is 0 Å². The van der Waals surface area contributed by atoms with E-state index in [0.717, 1.165) is 48.8 Å². The summed E-state index contributed by atoms with van der Waals surface area (Å²) in [5, 5.41) is 1.88. The summed E-state index contributed by atoms with van der Waals surface area (Å²) in [6.07, 6.45) is 0.863. The number of aldehydes is 1. The summed E-state index contributed by atoms with van der Waals surface area (Å²) < 4.78 is 5.84. The number of likely N-dealkylation sites (N-methyl/N-ethyl adjacent to an activating group) is 1. The fourth-order valence-corrected chi connectivity index (χ4v) is 3.34. The maximum atomic E-state index is 12.6.